The van der Waals surface area contributed by atoms with Gasteiger partial charge in [-0.15, -0.1) is 0 Å². The monoisotopic (exact) mass is 239 g/mol. The third-order valence-electron chi connectivity index (χ3n) is 2.71. The molecule has 98 valence electrons. The molecular weight excluding hydrogens is 214 g/mol. The van der Waals surface area contributed by atoms with Crippen molar-refractivity contribution in [2.45, 2.75) is 65.8 Å². The summed E-state index contributed by atoms with van der Waals surface area (Å²) in [6, 6.07) is 0.135. The molecule has 1 aromatic heterocycles. The number of rotatable bonds is 6. The van der Waals surface area contributed by atoms with Crippen molar-refractivity contribution >= 4 is 0 Å². The summed E-state index contributed by atoms with van der Waals surface area (Å²) >= 11 is 0. The van der Waals surface area contributed by atoms with Crippen molar-refractivity contribution in [2.24, 2.45) is 11.1 Å². The van der Waals surface area contributed by atoms with Gasteiger partial charge in [-0.2, -0.15) is 4.98 Å². The summed E-state index contributed by atoms with van der Waals surface area (Å²) < 4.78 is 5.21. The molecule has 0 saturated heterocycles. The Kier molecular flexibility index (Phi) is 5.12. The third-order valence-corrected chi connectivity index (χ3v) is 2.71. The zero-order chi connectivity index (χ0) is 12.9. The molecule has 1 atom stereocenters. The van der Waals surface area contributed by atoms with Crippen LogP contribution in [0, 0.1) is 5.41 Å². The first kappa shape index (κ1) is 14.2. The van der Waals surface area contributed by atoms with Crippen LogP contribution in [0.2, 0.25) is 0 Å². The first-order valence-electron chi connectivity index (χ1n) is 6.48. The van der Waals surface area contributed by atoms with E-state index < -0.39 is 0 Å². The van der Waals surface area contributed by atoms with Crippen molar-refractivity contribution in [3.63, 3.8) is 0 Å². The molecule has 0 radical (unpaired) electrons. The van der Waals surface area contributed by atoms with Gasteiger partial charge in [0.2, 0.25) is 5.89 Å². The lowest BCUT2D eigenvalue weighted by Crippen LogP contribution is -2.22. The Labute approximate surface area is 104 Å². The third kappa shape index (κ3) is 5.82. The molecule has 0 aliphatic carbocycles. The van der Waals surface area contributed by atoms with E-state index in [-0.39, 0.29) is 6.04 Å². The van der Waals surface area contributed by atoms with E-state index in [0.717, 1.165) is 31.5 Å². The molecule has 1 aromatic rings. The van der Waals surface area contributed by atoms with Crippen LogP contribution in [0.25, 0.3) is 0 Å². The van der Waals surface area contributed by atoms with Crippen LogP contribution < -0.4 is 5.73 Å². The molecule has 0 bridgehead atoms. The van der Waals surface area contributed by atoms with Gasteiger partial charge in [0, 0.05) is 18.9 Å². The molecule has 0 spiro atoms. The highest BCUT2D eigenvalue weighted by Gasteiger charge is 2.14. The highest BCUT2D eigenvalue weighted by Crippen LogP contribution is 2.20. The summed E-state index contributed by atoms with van der Waals surface area (Å²) in [7, 11) is 0. The number of nitrogens with two attached hydrogens (primary N) is 1. The molecule has 1 rings (SSSR count). The van der Waals surface area contributed by atoms with Crippen LogP contribution >= 0.6 is 0 Å². The molecule has 0 aromatic carbocycles. The van der Waals surface area contributed by atoms with E-state index in [1.54, 1.807) is 0 Å². The summed E-state index contributed by atoms with van der Waals surface area (Å²) in [4.78, 5) is 4.38. The average molecular weight is 239 g/mol. The summed E-state index contributed by atoms with van der Waals surface area (Å²) in [5.41, 5.74) is 6.25. The Hall–Kier alpha value is -0.900. The van der Waals surface area contributed by atoms with Gasteiger partial charge in [-0.25, -0.2) is 0 Å². The fourth-order valence-electron chi connectivity index (χ4n) is 1.66. The molecule has 0 amide bonds. The van der Waals surface area contributed by atoms with Gasteiger partial charge < -0.3 is 10.3 Å². The maximum atomic E-state index is 5.94. The standard InChI is InChI=1S/C13H25N3O/c1-5-6-10(14)9-12-15-11(16-17-12)7-8-13(2,3)4/h10H,5-9,14H2,1-4H3. The van der Waals surface area contributed by atoms with Gasteiger partial charge in [0.05, 0.1) is 0 Å². The minimum absolute atomic E-state index is 0.135. The van der Waals surface area contributed by atoms with E-state index in [4.69, 9.17) is 10.3 Å². The van der Waals surface area contributed by atoms with E-state index in [1.807, 2.05) is 0 Å². The fraction of sp³-hybridized carbons (Fsp3) is 0.846. The Morgan fingerprint density at radius 3 is 2.65 bits per heavy atom. The first-order valence-corrected chi connectivity index (χ1v) is 6.48. The Morgan fingerprint density at radius 2 is 2.06 bits per heavy atom. The SMILES string of the molecule is CCCC(N)Cc1nc(CCC(C)(C)C)no1. The first-order chi connectivity index (χ1) is 7.90. The maximum Gasteiger partial charge on any atom is 0.228 e. The van der Waals surface area contributed by atoms with Crippen LogP contribution in [0.5, 0.6) is 0 Å². The largest absolute Gasteiger partial charge is 0.339 e. The number of aromatic nitrogens is 2. The van der Waals surface area contributed by atoms with E-state index in [0.29, 0.717) is 17.7 Å². The number of nitrogens with zero attached hydrogens (tertiary/aromatic N) is 2. The molecule has 2 N–H and O–H groups in total. The number of hydrogen-bond acceptors (Lipinski definition) is 4. The van der Waals surface area contributed by atoms with Crippen LogP contribution in [0.15, 0.2) is 4.52 Å². The predicted molar refractivity (Wildman–Crippen MR) is 68.7 cm³/mol. The Balaban J connectivity index is 2.42. The van der Waals surface area contributed by atoms with Gasteiger partial charge in [0.1, 0.15) is 0 Å². The predicted octanol–water partition coefficient (Wildman–Crippen LogP) is 2.72. The van der Waals surface area contributed by atoms with Crippen LogP contribution in [-0.4, -0.2) is 16.2 Å². The van der Waals surface area contributed by atoms with Crippen molar-refractivity contribution in [3.8, 4) is 0 Å². The lowest BCUT2D eigenvalue weighted by Gasteiger charge is -2.15. The molecule has 0 aliphatic heterocycles. The maximum absolute atomic E-state index is 5.94. The van der Waals surface area contributed by atoms with Crippen LogP contribution in [0.1, 0.15) is 58.7 Å². The molecule has 0 aliphatic rings. The van der Waals surface area contributed by atoms with E-state index >= 15 is 0 Å². The second kappa shape index (κ2) is 6.15. The van der Waals surface area contributed by atoms with Crippen molar-refractivity contribution in [1.29, 1.82) is 0 Å². The highest BCUT2D eigenvalue weighted by molar-refractivity contribution is 4.90. The van der Waals surface area contributed by atoms with Gasteiger partial charge in [0.25, 0.3) is 0 Å². The molecule has 4 nitrogen and oxygen atoms in total. The normalized spacial score (nSPS) is 13.9. The smallest absolute Gasteiger partial charge is 0.228 e. The van der Waals surface area contributed by atoms with Gasteiger partial charge in [-0.1, -0.05) is 39.3 Å². The van der Waals surface area contributed by atoms with Gasteiger partial charge >= 0.3 is 0 Å². The van der Waals surface area contributed by atoms with E-state index in [9.17, 15) is 0 Å². The highest BCUT2D eigenvalue weighted by atomic mass is 16.5. The second-order valence-electron chi connectivity index (χ2n) is 5.92. The van der Waals surface area contributed by atoms with Crippen molar-refractivity contribution in [1.82, 2.24) is 10.1 Å². The van der Waals surface area contributed by atoms with Crippen molar-refractivity contribution in [3.05, 3.63) is 11.7 Å². The summed E-state index contributed by atoms with van der Waals surface area (Å²) in [6.07, 6.45) is 4.71. The van der Waals surface area contributed by atoms with Gasteiger partial charge in [-0.05, 0) is 18.3 Å². The Morgan fingerprint density at radius 1 is 1.35 bits per heavy atom. The minimum atomic E-state index is 0.135. The van der Waals surface area contributed by atoms with E-state index in [1.165, 1.54) is 0 Å². The second-order valence-corrected chi connectivity index (χ2v) is 5.92. The van der Waals surface area contributed by atoms with Crippen LogP contribution in [-0.2, 0) is 12.8 Å². The fourth-order valence-corrected chi connectivity index (χ4v) is 1.66. The van der Waals surface area contributed by atoms with Crippen LogP contribution in [0.4, 0.5) is 0 Å². The summed E-state index contributed by atoms with van der Waals surface area (Å²) in [6.45, 7) is 8.77. The summed E-state index contributed by atoms with van der Waals surface area (Å²) in [5, 5.41) is 3.99. The molecule has 1 unspecified atom stereocenters. The minimum Gasteiger partial charge on any atom is -0.339 e. The van der Waals surface area contributed by atoms with E-state index in [2.05, 4.69) is 37.8 Å². The van der Waals surface area contributed by atoms with Crippen molar-refractivity contribution < 1.29 is 4.52 Å². The molecule has 0 fully saturated rings. The average Bonchev–Trinajstić information content (AvgIpc) is 2.62. The quantitative estimate of drug-likeness (QED) is 0.829. The zero-order valence-corrected chi connectivity index (χ0v) is 11.5. The molecule has 4 heteroatoms. The molecule has 0 saturated carbocycles. The molecule has 17 heavy (non-hydrogen) atoms. The van der Waals surface area contributed by atoms with Crippen LogP contribution in [0.3, 0.4) is 0 Å². The Bertz CT molecular complexity index is 328. The molecular formula is C13H25N3O. The molecule has 1 heterocycles. The lowest BCUT2D eigenvalue weighted by molar-refractivity contribution is 0.349. The lowest BCUT2D eigenvalue weighted by atomic mass is 9.90. The number of hydrogen-bond donors (Lipinski definition) is 1. The topological polar surface area (TPSA) is 64.9 Å². The zero-order valence-electron chi connectivity index (χ0n) is 11.5. The summed E-state index contributed by atoms with van der Waals surface area (Å²) in [5.74, 6) is 1.48. The van der Waals surface area contributed by atoms with Crippen molar-refractivity contribution in [2.75, 3.05) is 0 Å². The number of aryl methyl sites for hydroxylation is 1. The van der Waals surface area contributed by atoms with Gasteiger partial charge in [-0.3, -0.25) is 0 Å². The van der Waals surface area contributed by atoms with Gasteiger partial charge in [0.15, 0.2) is 5.82 Å².